The highest BCUT2D eigenvalue weighted by Gasteiger charge is 2.21. The monoisotopic (exact) mass is 217 g/mol. The van der Waals surface area contributed by atoms with Crippen molar-refractivity contribution in [3.63, 3.8) is 0 Å². The minimum absolute atomic E-state index is 0.814. The molecule has 0 spiro atoms. The molecule has 1 aromatic carbocycles. The highest BCUT2D eigenvalue weighted by Crippen LogP contribution is 2.25. The van der Waals surface area contributed by atoms with Crippen molar-refractivity contribution < 1.29 is 0 Å². The van der Waals surface area contributed by atoms with E-state index in [0.717, 1.165) is 11.8 Å². The van der Waals surface area contributed by atoms with E-state index in [9.17, 15) is 0 Å². The summed E-state index contributed by atoms with van der Waals surface area (Å²) in [4.78, 5) is 0. The van der Waals surface area contributed by atoms with Crippen LogP contribution in [0.5, 0.6) is 0 Å². The first kappa shape index (κ1) is 11.7. The van der Waals surface area contributed by atoms with E-state index in [0.29, 0.717) is 0 Å². The van der Waals surface area contributed by atoms with E-state index in [2.05, 4.69) is 44.3 Å². The van der Waals surface area contributed by atoms with Crippen molar-refractivity contribution in [3.8, 4) is 0 Å². The van der Waals surface area contributed by atoms with Crippen molar-refractivity contribution in [2.24, 2.45) is 11.8 Å². The van der Waals surface area contributed by atoms with Crippen LogP contribution in [0.4, 0.5) is 0 Å². The lowest BCUT2D eigenvalue weighted by atomic mass is 9.82. The van der Waals surface area contributed by atoms with Crippen LogP contribution in [0.25, 0.3) is 0 Å². The van der Waals surface area contributed by atoms with Crippen molar-refractivity contribution in [1.29, 1.82) is 0 Å². The van der Waals surface area contributed by atoms with Crippen LogP contribution in [-0.4, -0.2) is 13.1 Å². The number of rotatable bonds is 2. The molecule has 16 heavy (non-hydrogen) atoms. The third-order valence-electron chi connectivity index (χ3n) is 3.95. The summed E-state index contributed by atoms with van der Waals surface area (Å²) in [5.74, 6) is 1.68. The second-order valence-electron chi connectivity index (χ2n) is 5.36. The summed E-state index contributed by atoms with van der Waals surface area (Å²) in [6, 6.07) is 6.84. The molecule has 1 N–H and O–H groups in total. The molecule has 1 aromatic rings. The Labute approximate surface area is 99.3 Å². The van der Waals surface area contributed by atoms with Gasteiger partial charge in [-0.2, -0.15) is 0 Å². The number of benzene rings is 1. The molecule has 2 unspecified atom stereocenters. The summed E-state index contributed by atoms with van der Waals surface area (Å²) >= 11 is 0. The highest BCUT2D eigenvalue weighted by atomic mass is 14.9. The third kappa shape index (κ3) is 2.65. The van der Waals surface area contributed by atoms with Crippen LogP contribution in [0.2, 0.25) is 0 Å². The smallest absolute Gasteiger partial charge is 0.00204 e. The van der Waals surface area contributed by atoms with Gasteiger partial charge < -0.3 is 5.32 Å². The summed E-state index contributed by atoms with van der Waals surface area (Å²) in [6.07, 6.45) is 2.59. The van der Waals surface area contributed by atoms with Crippen molar-refractivity contribution >= 4 is 0 Å². The summed E-state index contributed by atoms with van der Waals surface area (Å²) in [5, 5.41) is 3.48. The molecule has 0 radical (unpaired) electrons. The summed E-state index contributed by atoms with van der Waals surface area (Å²) in [6.45, 7) is 9.19. The summed E-state index contributed by atoms with van der Waals surface area (Å²) < 4.78 is 0. The predicted octanol–water partition coefficient (Wildman–Crippen LogP) is 3.09. The largest absolute Gasteiger partial charge is 0.316 e. The fraction of sp³-hybridized carbons (Fsp3) is 0.600. The molecule has 0 amide bonds. The van der Waals surface area contributed by atoms with E-state index in [1.165, 1.54) is 37.1 Å². The molecule has 0 saturated carbocycles. The third-order valence-corrected chi connectivity index (χ3v) is 3.95. The predicted molar refractivity (Wildman–Crippen MR) is 69.8 cm³/mol. The standard InChI is InChI=1S/C15H23N/c1-11-4-5-12(2)15(8-11)9-14-6-7-16-10-13(14)3/h4-5,8,13-14,16H,6-7,9-10H2,1-3H3. The number of nitrogens with one attached hydrogen (secondary N) is 1. The number of hydrogen-bond donors (Lipinski definition) is 1. The zero-order valence-electron chi connectivity index (χ0n) is 10.7. The van der Waals surface area contributed by atoms with Crippen molar-refractivity contribution in [1.82, 2.24) is 5.32 Å². The van der Waals surface area contributed by atoms with Crippen LogP contribution in [0.3, 0.4) is 0 Å². The summed E-state index contributed by atoms with van der Waals surface area (Å²) in [5.41, 5.74) is 4.40. The van der Waals surface area contributed by atoms with E-state index in [1.807, 2.05) is 0 Å². The highest BCUT2D eigenvalue weighted by molar-refractivity contribution is 5.30. The second kappa shape index (κ2) is 5.01. The Bertz CT molecular complexity index is 356. The Balaban J connectivity index is 2.10. The molecule has 1 fully saturated rings. The molecule has 1 saturated heterocycles. The molecule has 88 valence electrons. The summed E-state index contributed by atoms with van der Waals surface area (Å²) in [7, 11) is 0. The maximum atomic E-state index is 3.48. The number of hydrogen-bond acceptors (Lipinski definition) is 1. The van der Waals surface area contributed by atoms with Gasteiger partial charge in [0, 0.05) is 0 Å². The van der Waals surface area contributed by atoms with Crippen molar-refractivity contribution in [2.45, 2.75) is 33.6 Å². The molecule has 2 atom stereocenters. The first-order valence-corrected chi connectivity index (χ1v) is 6.43. The normalized spacial score (nSPS) is 25.7. The topological polar surface area (TPSA) is 12.0 Å². The maximum absolute atomic E-state index is 3.48. The van der Waals surface area contributed by atoms with Crippen molar-refractivity contribution in [3.05, 3.63) is 34.9 Å². The van der Waals surface area contributed by atoms with Crippen molar-refractivity contribution in [2.75, 3.05) is 13.1 Å². The Morgan fingerprint density at radius 1 is 1.31 bits per heavy atom. The second-order valence-corrected chi connectivity index (χ2v) is 5.36. The van der Waals surface area contributed by atoms with Crippen LogP contribution in [0.1, 0.15) is 30.0 Å². The zero-order valence-corrected chi connectivity index (χ0v) is 10.7. The SMILES string of the molecule is Cc1ccc(C)c(CC2CCNCC2C)c1. The lowest BCUT2D eigenvalue weighted by Crippen LogP contribution is -2.36. The molecule has 2 rings (SSSR count). The van der Waals surface area contributed by atoms with Gasteiger partial charge >= 0.3 is 0 Å². The van der Waals surface area contributed by atoms with Gasteiger partial charge in [0.2, 0.25) is 0 Å². The van der Waals surface area contributed by atoms with Gasteiger partial charge in [0.05, 0.1) is 0 Å². The van der Waals surface area contributed by atoms with E-state index < -0.39 is 0 Å². The molecule has 1 aliphatic rings. The van der Waals surface area contributed by atoms with Gasteiger partial charge in [0.25, 0.3) is 0 Å². The van der Waals surface area contributed by atoms with Gasteiger partial charge in [-0.05, 0) is 62.7 Å². The molecule has 1 aliphatic heterocycles. The average molecular weight is 217 g/mol. The minimum Gasteiger partial charge on any atom is -0.316 e. The van der Waals surface area contributed by atoms with E-state index in [4.69, 9.17) is 0 Å². The van der Waals surface area contributed by atoms with Gasteiger partial charge in [0.15, 0.2) is 0 Å². The maximum Gasteiger partial charge on any atom is -0.00204 e. The van der Waals surface area contributed by atoms with Crippen LogP contribution in [0, 0.1) is 25.7 Å². The molecular weight excluding hydrogens is 194 g/mol. The molecular formula is C15H23N. The van der Waals surface area contributed by atoms with Gasteiger partial charge in [-0.15, -0.1) is 0 Å². The van der Waals surface area contributed by atoms with Gasteiger partial charge in [-0.1, -0.05) is 30.7 Å². The Morgan fingerprint density at radius 3 is 2.88 bits per heavy atom. The lowest BCUT2D eigenvalue weighted by Gasteiger charge is -2.30. The Morgan fingerprint density at radius 2 is 2.12 bits per heavy atom. The molecule has 1 heterocycles. The molecule has 0 aliphatic carbocycles. The molecule has 0 aromatic heterocycles. The number of piperidine rings is 1. The first-order chi connectivity index (χ1) is 7.66. The van der Waals surface area contributed by atoms with E-state index in [-0.39, 0.29) is 0 Å². The molecule has 1 nitrogen and oxygen atoms in total. The van der Waals surface area contributed by atoms with Gasteiger partial charge in [-0.25, -0.2) is 0 Å². The van der Waals surface area contributed by atoms with Crippen LogP contribution in [0.15, 0.2) is 18.2 Å². The van der Waals surface area contributed by atoms with Crippen LogP contribution < -0.4 is 5.32 Å². The fourth-order valence-electron chi connectivity index (χ4n) is 2.67. The average Bonchev–Trinajstić information content (AvgIpc) is 2.27. The van der Waals surface area contributed by atoms with Crippen LogP contribution >= 0.6 is 0 Å². The first-order valence-electron chi connectivity index (χ1n) is 6.43. The zero-order chi connectivity index (χ0) is 11.5. The quantitative estimate of drug-likeness (QED) is 0.802. The number of aryl methyl sites for hydroxylation is 2. The molecule has 1 heteroatoms. The van der Waals surface area contributed by atoms with Crippen LogP contribution in [-0.2, 0) is 6.42 Å². The Hall–Kier alpha value is -0.820. The van der Waals surface area contributed by atoms with Gasteiger partial charge in [0.1, 0.15) is 0 Å². The van der Waals surface area contributed by atoms with Gasteiger partial charge in [-0.3, -0.25) is 0 Å². The Kier molecular flexibility index (Phi) is 3.65. The van der Waals surface area contributed by atoms with E-state index in [1.54, 1.807) is 5.56 Å². The fourth-order valence-corrected chi connectivity index (χ4v) is 2.67. The molecule has 0 bridgehead atoms. The minimum atomic E-state index is 0.814. The van der Waals surface area contributed by atoms with E-state index >= 15 is 0 Å². The lowest BCUT2D eigenvalue weighted by molar-refractivity contribution is 0.272.